The zero-order valence-corrected chi connectivity index (χ0v) is 13.9. The Kier molecular flexibility index (Phi) is 6.24. The third kappa shape index (κ3) is 4.16. The Labute approximate surface area is 128 Å². The van der Waals surface area contributed by atoms with Crippen molar-refractivity contribution in [3.63, 3.8) is 0 Å². The number of para-hydroxylation sites is 1. The number of anilines is 1. The van der Waals surface area contributed by atoms with E-state index in [-0.39, 0.29) is 0 Å². The molecule has 112 valence electrons. The van der Waals surface area contributed by atoms with Gasteiger partial charge in [0.1, 0.15) is 0 Å². The number of nitrogens with one attached hydrogen (secondary N) is 1. The average Bonchev–Trinajstić information content (AvgIpc) is 2.49. The van der Waals surface area contributed by atoms with Gasteiger partial charge in [-0.25, -0.2) is 0 Å². The molecule has 1 fully saturated rings. The van der Waals surface area contributed by atoms with Crippen LogP contribution in [0, 0.1) is 5.92 Å². The second-order valence-electron chi connectivity index (χ2n) is 5.63. The van der Waals surface area contributed by atoms with Crippen molar-refractivity contribution < 1.29 is 0 Å². The number of hydrogen-bond donors (Lipinski definition) is 1. The fourth-order valence-electron chi connectivity index (χ4n) is 3.00. The lowest BCUT2D eigenvalue weighted by molar-refractivity contribution is 0.183. The van der Waals surface area contributed by atoms with Crippen LogP contribution in [0.25, 0.3) is 0 Å². The SMILES string of the molecule is CCSc1ccccc1NC(C)C1CCN(CC)CC1. The molecule has 0 amide bonds. The highest BCUT2D eigenvalue weighted by molar-refractivity contribution is 7.99. The van der Waals surface area contributed by atoms with Gasteiger partial charge in [-0.05, 0) is 63.2 Å². The van der Waals surface area contributed by atoms with Crippen LogP contribution in [0.15, 0.2) is 29.2 Å². The summed E-state index contributed by atoms with van der Waals surface area (Å²) in [5, 5.41) is 3.76. The van der Waals surface area contributed by atoms with E-state index in [1.165, 1.54) is 43.1 Å². The number of piperidine rings is 1. The molecular formula is C17H28N2S. The van der Waals surface area contributed by atoms with Gasteiger partial charge in [-0.15, -0.1) is 11.8 Å². The second kappa shape index (κ2) is 7.94. The fraction of sp³-hybridized carbons (Fsp3) is 0.647. The predicted molar refractivity (Wildman–Crippen MR) is 90.8 cm³/mol. The number of likely N-dealkylation sites (tertiary alicyclic amines) is 1. The predicted octanol–water partition coefficient (Wildman–Crippen LogP) is 4.33. The van der Waals surface area contributed by atoms with E-state index in [1.807, 2.05) is 11.8 Å². The van der Waals surface area contributed by atoms with Crippen LogP contribution in [-0.2, 0) is 0 Å². The van der Waals surface area contributed by atoms with Crippen LogP contribution in [0.5, 0.6) is 0 Å². The van der Waals surface area contributed by atoms with E-state index in [2.05, 4.69) is 55.3 Å². The van der Waals surface area contributed by atoms with Gasteiger partial charge >= 0.3 is 0 Å². The van der Waals surface area contributed by atoms with Gasteiger partial charge < -0.3 is 10.2 Å². The quantitative estimate of drug-likeness (QED) is 0.786. The Bertz CT molecular complexity index is 400. The summed E-state index contributed by atoms with van der Waals surface area (Å²) in [4.78, 5) is 3.94. The lowest BCUT2D eigenvalue weighted by Gasteiger charge is -2.35. The third-order valence-electron chi connectivity index (χ3n) is 4.36. The molecule has 0 radical (unpaired) electrons. The maximum absolute atomic E-state index is 3.76. The molecule has 1 aromatic rings. The van der Waals surface area contributed by atoms with Crippen molar-refractivity contribution in [3.05, 3.63) is 24.3 Å². The van der Waals surface area contributed by atoms with E-state index >= 15 is 0 Å². The van der Waals surface area contributed by atoms with Crippen molar-refractivity contribution in [1.29, 1.82) is 0 Å². The molecule has 0 saturated carbocycles. The Morgan fingerprint density at radius 3 is 2.60 bits per heavy atom. The molecule has 1 aliphatic rings. The first-order chi connectivity index (χ1) is 9.74. The molecule has 1 aliphatic heterocycles. The fourth-order valence-corrected chi connectivity index (χ4v) is 3.77. The maximum Gasteiger partial charge on any atom is 0.0480 e. The van der Waals surface area contributed by atoms with Crippen LogP contribution in [0.3, 0.4) is 0 Å². The molecule has 1 unspecified atom stereocenters. The molecule has 1 N–H and O–H groups in total. The first-order valence-corrected chi connectivity index (χ1v) is 8.93. The minimum atomic E-state index is 0.563. The van der Waals surface area contributed by atoms with Crippen LogP contribution in [0.2, 0.25) is 0 Å². The highest BCUT2D eigenvalue weighted by Gasteiger charge is 2.23. The van der Waals surface area contributed by atoms with Crippen molar-refractivity contribution >= 4 is 17.4 Å². The Morgan fingerprint density at radius 2 is 1.95 bits per heavy atom. The number of thioether (sulfide) groups is 1. The normalized spacial score (nSPS) is 18.9. The van der Waals surface area contributed by atoms with E-state index in [0.717, 1.165) is 11.7 Å². The number of benzene rings is 1. The van der Waals surface area contributed by atoms with E-state index < -0.39 is 0 Å². The van der Waals surface area contributed by atoms with Gasteiger partial charge in [-0.3, -0.25) is 0 Å². The summed E-state index contributed by atoms with van der Waals surface area (Å²) in [7, 11) is 0. The van der Waals surface area contributed by atoms with Gasteiger partial charge in [0, 0.05) is 16.6 Å². The summed E-state index contributed by atoms with van der Waals surface area (Å²) in [6, 6.07) is 9.27. The van der Waals surface area contributed by atoms with Crippen molar-refractivity contribution in [2.75, 3.05) is 30.7 Å². The van der Waals surface area contributed by atoms with Gasteiger partial charge in [0.2, 0.25) is 0 Å². The second-order valence-corrected chi connectivity index (χ2v) is 6.94. The molecule has 2 rings (SSSR count). The van der Waals surface area contributed by atoms with Crippen LogP contribution < -0.4 is 5.32 Å². The van der Waals surface area contributed by atoms with Crippen LogP contribution >= 0.6 is 11.8 Å². The lowest BCUT2D eigenvalue weighted by atomic mass is 9.90. The van der Waals surface area contributed by atoms with Gasteiger partial charge in [0.05, 0.1) is 0 Å². The summed E-state index contributed by atoms with van der Waals surface area (Å²) >= 11 is 1.92. The van der Waals surface area contributed by atoms with Crippen LogP contribution in [-0.4, -0.2) is 36.3 Å². The van der Waals surface area contributed by atoms with Gasteiger partial charge in [-0.2, -0.15) is 0 Å². The summed E-state index contributed by atoms with van der Waals surface area (Å²) in [5.41, 5.74) is 1.31. The van der Waals surface area contributed by atoms with Gasteiger partial charge in [-0.1, -0.05) is 26.0 Å². The summed E-state index contributed by atoms with van der Waals surface area (Å²) in [6.45, 7) is 10.5. The zero-order valence-electron chi connectivity index (χ0n) is 13.1. The molecule has 0 aromatic heterocycles. The lowest BCUT2D eigenvalue weighted by Crippen LogP contribution is -2.39. The van der Waals surface area contributed by atoms with E-state index in [9.17, 15) is 0 Å². The Morgan fingerprint density at radius 1 is 1.25 bits per heavy atom. The van der Waals surface area contributed by atoms with Crippen molar-refractivity contribution in [3.8, 4) is 0 Å². The van der Waals surface area contributed by atoms with E-state index in [0.29, 0.717) is 6.04 Å². The standard InChI is InChI=1S/C17H28N2S/c1-4-19-12-10-15(11-13-19)14(3)18-16-8-6-7-9-17(16)20-5-2/h6-9,14-15,18H,4-5,10-13H2,1-3H3. The molecule has 20 heavy (non-hydrogen) atoms. The minimum Gasteiger partial charge on any atom is -0.381 e. The highest BCUT2D eigenvalue weighted by Crippen LogP contribution is 2.29. The molecule has 0 spiro atoms. The first-order valence-electron chi connectivity index (χ1n) is 7.95. The molecule has 1 aromatic carbocycles. The monoisotopic (exact) mass is 292 g/mol. The minimum absolute atomic E-state index is 0.563. The van der Waals surface area contributed by atoms with Crippen molar-refractivity contribution in [2.45, 2.75) is 44.6 Å². The average molecular weight is 292 g/mol. The molecule has 1 heterocycles. The largest absolute Gasteiger partial charge is 0.381 e. The number of nitrogens with zero attached hydrogens (tertiary/aromatic N) is 1. The molecule has 0 bridgehead atoms. The van der Waals surface area contributed by atoms with Crippen LogP contribution in [0.4, 0.5) is 5.69 Å². The summed E-state index contributed by atoms with van der Waals surface area (Å²) in [5.74, 6) is 1.93. The van der Waals surface area contributed by atoms with Crippen molar-refractivity contribution in [1.82, 2.24) is 4.90 Å². The molecule has 2 nitrogen and oxygen atoms in total. The summed E-state index contributed by atoms with van der Waals surface area (Å²) in [6.07, 6.45) is 2.65. The topological polar surface area (TPSA) is 15.3 Å². The number of hydrogen-bond acceptors (Lipinski definition) is 3. The smallest absolute Gasteiger partial charge is 0.0480 e. The highest BCUT2D eigenvalue weighted by atomic mass is 32.2. The van der Waals surface area contributed by atoms with Gasteiger partial charge in [0.15, 0.2) is 0 Å². The Balaban J connectivity index is 1.93. The Hall–Kier alpha value is -0.670. The number of rotatable bonds is 6. The first kappa shape index (κ1) is 15.7. The van der Waals surface area contributed by atoms with E-state index in [4.69, 9.17) is 0 Å². The molecule has 1 atom stereocenters. The van der Waals surface area contributed by atoms with Crippen molar-refractivity contribution in [2.24, 2.45) is 5.92 Å². The molecular weight excluding hydrogens is 264 g/mol. The van der Waals surface area contributed by atoms with Crippen LogP contribution in [0.1, 0.15) is 33.6 Å². The molecule has 0 aliphatic carbocycles. The third-order valence-corrected chi connectivity index (χ3v) is 5.31. The zero-order chi connectivity index (χ0) is 14.4. The maximum atomic E-state index is 3.76. The molecule has 1 saturated heterocycles. The summed E-state index contributed by atoms with van der Waals surface area (Å²) < 4.78 is 0. The van der Waals surface area contributed by atoms with Gasteiger partial charge in [0.25, 0.3) is 0 Å². The molecule has 3 heteroatoms. The van der Waals surface area contributed by atoms with E-state index in [1.54, 1.807) is 0 Å².